The SMILES string of the molecule is CCn1c(=O)c2c(n(CC(F)(F)F)c1=O)N=C(Cl)CCCN2. The van der Waals surface area contributed by atoms with Crippen molar-refractivity contribution in [3.05, 3.63) is 20.8 Å². The molecule has 1 N–H and O–H groups in total. The average Bonchev–Trinajstić information content (AvgIpc) is 2.38. The van der Waals surface area contributed by atoms with Gasteiger partial charge in [-0.1, -0.05) is 11.6 Å². The first-order valence-corrected chi connectivity index (χ1v) is 7.03. The Balaban J connectivity index is 2.81. The number of halogens is 4. The van der Waals surface area contributed by atoms with Gasteiger partial charge in [0.15, 0.2) is 5.82 Å². The minimum atomic E-state index is -4.63. The zero-order valence-electron chi connectivity index (χ0n) is 11.7. The summed E-state index contributed by atoms with van der Waals surface area (Å²) in [6, 6.07) is 0. The quantitative estimate of drug-likeness (QED) is 0.897. The van der Waals surface area contributed by atoms with Crippen molar-refractivity contribution in [2.24, 2.45) is 4.99 Å². The topological polar surface area (TPSA) is 68.4 Å². The summed E-state index contributed by atoms with van der Waals surface area (Å²) in [4.78, 5) is 28.3. The molecule has 122 valence electrons. The van der Waals surface area contributed by atoms with Gasteiger partial charge in [0.2, 0.25) is 0 Å². The molecule has 0 aromatic carbocycles. The first kappa shape index (κ1) is 16.6. The van der Waals surface area contributed by atoms with Crippen LogP contribution < -0.4 is 16.6 Å². The van der Waals surface area contributed by atoms with Gasteiger partial charge < -0.3 is 5.32 Å². The van der Waals surface area contributed by atoms with Crippen LogP contribution in [0.5, 0.6) is 0 Å². The molecule has 0 fully saturated rings. The Morgan fingerprint density at radius 1 is 1.32 bits per heavy atom. The van der Waals surface area contributed by atoms with E-state index in [1.807, 2.05) is 0 Å². The van der Waals surface area contributed by atoms with Gasteiger partial charge in [-0.05, 0) is 13.3 Å². The van der Waals surface area contributed by atoms with E-state index in [1.165, 1.54) is 6.92 Å². The Labute approximate surface area is 128 Å². The van der Waals surface area contributed by atoms with E-state index in [-0.39, 0.29) is 23.2 Å². The van der Waals surface area contributed by atoms with E-state index in [9.17, 15) is 22.8 Å². The molecule has 0 amide bonds. The van der Waals surface area contributed by atoms with Gasteiger partial charge in [-0.15, -0.1) is 0 Å². The molecule has 0 radical (unpaired) electrons. The van der Waals surface area contributed by atoms with Gasteiger partial charge in [0.05, 0.1) is 0 Å². The highest BCUT2D eigenvalue weighted by Crippen LogP contribution is 2.26. The lowest BCUT2D eigenvalue weighted by Gasteiger charge is -2.19. The second kappa shape index (κ2) is 6.15. The third kappa shape index (κ3) is 3.34. The van der Waals surface area contributed by atoms with Gasteiger partial charge in [0, 0.05) is 19.5 Å². The first-order valence-electron chi connectivity index (χ1n) is 6.66. The molecule has 0 spiro atoms. The van der Waals surface area contributed by atoms with Crippen molar-refractivity contribution < 1.29 is 13.2 Å². The molecule has 22 heavy (non-hydrogen) atoms. The summed E-state index contributed by atoms with van der Waals surface area (Å²) >= 11 is 5.86. The van der Waals surface area contributed by atoms with Crippen LogP contribution in [0.15, 0.2) is 14.6 Å². The van der Waals surface area contributed by atoms with E-state index in [2.05, 4.69) is 10.3 Å². The molecule has 0 bridgehead atoms. The molecule has 0 aliphatic carbocycles. The van der Waals surface area contributed by atoms with Crippen molar-refractivity contribution in [2.75, 3.05) is 11.9 Å². The van der Waals surface area contributed by atoms with Crippen LogP contribution in [0.25, 0.3) is 0 Å². The maximum Gasteiger partial charge on any atom is 0.406 e. The number of nitrogens with one attached hydrogen (secondary N) is 1. The molecule has 0 saturated heterocycles. The minimum absolute atomic E-state index is 0.0398. The molecule has 0 atom stereocenters. The zero-order valence-corrected chi connectivity index (χ0v) is 12.5. The van der Waals surface area contributed by atoms with Crippen LogP contribution in [0.1, 0.15) is 19.8 Å². The number of anilines is 1. The lowest BCUT2D eigenvalue weighted by atomic mass is 10.3. The van der Waals surface area contributed by atoms with Gasteiger partial charge in [0.1, 0.15) is 17.4 Å². The van der Waals surface area contributed by atoms with Crippen LogP contribution >= 0.6 is 11.6 Å². The third-order valence-corrected chi connectivity index (χ3v) is 3.42. The molecule has 1 aromatic rings. The van der Waals surface area contributed by atoms with Crippen LogP contribution in [-0.2, 0) is 13.1 Å². The van der Waals surface area contributed by atoms with Crippen molar-refractivity contribution in [1.82, 2.24) is 9.13 Å². The van der Waals surface area contributed by atoms with Gasteiger partial charge >= 0.3 is 11.9 Å². The molecule has 0 unspecified atom stereocenters. The van der Waals surface area contributed by atoms with Crippen molar-refractivity contribution in [2.45, 2.75) is 39.0 Å². The average molecular weight is 339 g/mol. The molecule has 6 nitrogen and oxygen atoms in total. The van der Waals surface area contributed by atoms with E-state index >= 15 is 0 Å². The Hall–Kier alpha value is -1.77. The van der Waals surface area contributed by atoms with E-state index in [0.29, 0.717) is 24.0 Å². The minimum Gasteiger partial charge on any atom is -0.378 e. The van der Waals surface area contributed by atoms with E-state index in [0.717, 1.165) is 4.57 Å². The summed E-state index contributed by atoms with van der Waals surface area (Å²) < 4.78 is 39.4. The highest BCUT2D eigenvalue weighted by atomic mass is 35.5. The largest absolute Gasteiger partial charge is 0.406 e. The Kier molecular flexibility index (Phi) is 4.64. The summed E-state index contributed by atoms with van der Waals surface area (Å²) in [5.74, 6) is -0.373. The third-order valence-electron chi connectivity index (χ3n) is 3.14. The summed E-state index contributed by atoms with van der Waals surface area (Å²) in [6.45, 7) is 0.278. The van der Waals surface area contributed by atoms with Crippen molar-refractivity contribution in [3.63, 3.8) is 0 Å². The lowest BCUT2D eigenvalue weighted by Crippen LogP contribution is -2.43. The summed E-state index contributed by atoms with van der Waals surface area (Å²) in [5.41, 5.74) is -1.89. The standard InChI is InChI=1S/C12H14ClF3N4O2/c1-2-19-10(21)8-9(18-7(13)4-3-5-17-8)20(11(19)22)6-12(14,15)16/h17H,2-6H2,1H3. The summed E-state index contributed by atoms with van der Waals surface area (Å²) in [7, 11) is 0. The molecule has 2 heterocycles. The van der Waals surface area contributed by atoms with Crippen LogP contribution in [-0.4, -0.2) is 27.0 Å². The number of aromatic nitrogens is 2. The summed E-state index contributed by atoms with van der Waals surface area (Å²) in [6.07, 6.45) is -3.70. The van der Waals surface area contributed by atoms with Crippen molar-refractivity contribution in [1.29, 1.82) is 0 Å². The van der Waals surface area contributed by atoms with E-state index < -0.39 is 24.0 Å². The van der Waals surface area contributed by atoms with Crippen molar-refractivity contribution in [3.8, 4) is 0 Å². The van der Waals surface area contributed by atoms with Crippen LogP contribution in [0.3, 0.4) is 0 Å². The highest BCUT2D eigenvalue weighted by Gasteiger charge is 2.32. The normalized spacial score (nSPS) is 15.4. The van der Waals surface area contributed by atoms with Crippen LogP contribution in [0.2, 0.25) is 0 Å². The molecule has 1 aliphatic rings. The Bertz CT molecular complexity index is 721. The molecule has 10 heteroatoms. The predicted octanol–water partition coefficient (Wildman–Crippen LogP) is 2.07. The number of aliphatic imine (C=N–C) groups is 1. The number of hydrogen-bond acceptors (Lipinski definition) is 4. The molecular formula is C12H14ClF3N4O2. The number of rotatable bonds is 2. The number of hydrogen-bond donors (Lipinski definition) is 1. The second-order valence-electron chi connectivity index (χ2n) is 4.75. The monoisotopic (exact) mass is 338 g/mol. The Morgan fingerprint density at radius 2 is 2.00 bits per heavy atom. The zero-order chi connectivity index (χ0) is 16.5. The van der Waals surface area contributed by atoms with Crippen LogP contribution in [0.4, 0.5) is 24.7 Å². The predicted molar refractivity (Wildman–Crippen MR) is 77.4 cm³/mol. The van der Waals surface area contributed by atoms with Gasteiger partial charge in [-0.25, -0.2) is 9.79 Å². The van der Waals surface area contributed by atoms with Gasteiger partial charge in [-0.3, -0.25) is 13.9 Å². The molecular weight excluding hydrogens is 325 g/mol. The molecule has 1 aliphatic heterocycles. The van der Waals surface area contributed by atoms with E-state index in [4.69, 9.17) is 11.6 Å². The Morgan fingerprint density at radius 3 is 2.59 bits per heavy atom. The second-order valence-corrected chi connectivity index (χ2v) is 5.19. The fourth-order valence-corrected chi connectivity index (χ4v) is 2.39. The van der Waals surface area contributed by atoms with Crippen LogP contribution in [0, 0.1) is 0 Å². The van der Waals surface area contributed by atoms with E-state index in [1.54, 1.807) is 0 Å². The number of alkyl halides is 3. The molecule has 2 rings (SSSR count). The highest BCUT2D eigenvalue weighted by molar-refractivity contribution is 6.65. The smallest absolute Gasteiger partial charge is 0.378 e. The number of nitrogens with zero attached hydrogens (tertiary/aromatic N) is 3. The van der Waals surface area contributed by atoms with Crippen molar-refractivity contribution >= 4 is 28.3 Å². The van der Waals surface area contributed by atoms with Gasteiger partial charge in [0.25, 0.3) is 5.56 Å². The maximum absolute atomic E-state index is 12.8. The molecule has 0 saturated carbocycles. The fraction of sp³-hybridized carbons (Fsp3) is 0.583. The number of fused-ring (bicyclic) bond motifs is 1. The lowest BCUT2D eigenvalue weighted by molar-refractivity contribution is -0.141. The van der Waals surface area contributed by atoms with Gasteiger partial charge in [-0.2, -0.15) is 13.2 Å². The first-order chi connectivity index (χ1) is 10.2. The maximum atomic E-state index is 12.8. The summed E-state index contributed by atoms with van der Waals surface area (Å²) in [5, 5.41) is 2.82. The molecule has 1 aromatic heterocycles. The fourth-order valence-electron chi connectivity index (χ4n) is 2.18.